The van der Waals surface area contributed by atoms with E-state index in [1.807, 2.05) is 0 Å². The van der Waals surface area contributed by atoms with Crippen molar-refractivity contribution in [3.8, 4) is 0 Å². The number of carbonyl (C=O) groups is 3. The van der Waals surface area contributed by atoms with Gasteiger partial charge in [-0.1, -0.05) is 23.2 Å². The summed E-state index contributed by atoms with van der Waals surface area (Å²) >= 11 is 11.7. The Morgan fingerprint density at radius 2 is 1.81 bits per heavy atom. The summed E-state index contributed by atoms with van der Waals surface area (Å²) < 4.78 is 0. The fraction of sp³-hybridized carbons (Fsp3) is 0.100. The third-order valence-electron chi connectivity index (χ3n) is 2.27. The zero-order chi connectivity index (χ0) is 11.9. The number of fused-ring (bicyclic) bond motifs is 1. The van der Waals surface area contributed by atoms with Crippen LogP contribution in [0.1, 0.15) is 10.4 Å². The summed E-state index contributed by atoms with van der Waals surface area (Å²) in [5, 5.41) is 0.381. The van der Waals surface area contributed by atoms with Crippen LogP contribution in [0.4, 0.5) is 5.69 Å². The molecule has 2 rings (SSSR count). The van der Waals surface area contributed by atoms with Crippen LogP contribution in [0, 0.1) is 0 Å². The standard InChI is InChI=1S/C10H5Cl2NO3/c11-5-1-2-6(12)8-7(5)9(15)10(16)13(8)3-4-14/h1-2,4H,3H2. The normalized spacial score (nSPS) is 14.2. The van der Waals surface area contributed by atoms with Gasteiger partial charge >= 0.3 is 0 Å². The van der Waals surface area contributed by atoms with Crippen LogP contribution in [0.3, 0.4) is 0 Å². The topological polar surface area (TPSA) is 54.5 Å². The summed E-state index contributed by atoms with van der Waals surface area (Å²) in [6.45, 7) is -0.211. The third kappa shape index (κ3) is 1.42. The number of halogens is 2. The maximum absolute atomic E-state index is 11.6. The van der Waals surface area contributed by atoms with Crippen LogP contribution in [0.15, 0.2) is 12.1 Å². The molecule has 0 aliphatic carbocycles. The first-order valence-corrected chi connectivity index (χ1v) is 5.11. The fourth-order valence-electron chi connectivity index (χ4n) is 1.60. The first kappa shape index (κ1) is 11.1. The van der Waals surface area contributed by atoms with Gasteiger partial charge in [-0.05, 0) is 12.1 Å². The van der Waals surface area contributed by atoms with Gasteiger partial charge < -0.3 is 4.79 Å². The molecule has 4 nitrogen and oxygen atoms in total. The van der Waals surface area contributed by atoms with Gasteiger partial charge in [0.2, 0.25) is 0 Å². The second-order valence-electron chi connectivity index (χ2n) is 3.16. The third-order valence-corrected chi connectivity index (χ3v) is 2.89. The second-order valence-corrected chi connectivity index (χ2v) is 3.98. The van der Waals surface area contributed by atoms with Crippen molar-refractivity contribution in [2.75, 3.05) is 11.4 Å². The van der Waals surface area contributed by atoms with Crippen LogP contribution >= 0.6 is 23.2 Å². The van der Waals surface area contributed by atoms with Crippen molar-refractivity contribution in [3.05, 3.63) is 27.7 Å². The molecule has 0 saturated heterocycles. The van der Waals surface area contributed by atoms with Crippen LogP contribution in [-0.4, -0.2) is 24.5 Å². The minimum atomic E-state index is -0.780. The van der Waals surface area contributed by atoms with E-state index in [1.54, 1.807) is 0 Å². The predicted octanol–water partition coefficient (Wildman–Crippen LogP) is 1.72. The number of ketones is 1. The largest absolute Gasteiger partial charge is 0.301 e. The van der Waals surface area contributed by atoms with Gasteiger partial charge in [0, 0.05) is 0 Å². The van der Waals surface area contributed by atoms with Crippen molar-refractivity contribution in [2.45, 2.75) is 0 Å². The molecule has 0 unspecified atom stereocenters. The number of amides is 1. The number of aldehydes is 1. The highest BCUT2D eigenvalue weighted by Gasteiger charge is 2.38. The van der Waals surface area contributed by atoms with Crippen molar-refractivity contribution in [1.29, 1.82) is 0 Å². The summed E-state index contributed by atoms with van der Waals surface area (Å²) in [6.07, 6.45) is 0.525. The highest BCUT2D eigenvalue weighted by molar-refractivity contribution is 6.57. The van der Waals surface area contributed by atoms with Crippen LogP contribution in [0.2, 0.25) is 10.0 Å². The van der Waals surface area contributed by atoms with Gasteiger partial charge in [-0.3, -0.25) is 14.5 Å². The molecule has 1 amide bonds. The summed E-state index contributed by atoms with van der Waals surface area (Å²) in [5.41, 5.74) is 0.289. The highest BCUT2D eigenvalue weighted by Crippen LogP contribution is 2.39. The van der Waals surface area contributed by atoms with Crippen molar-refractivity contribution in [1.82, 2.24) is 0 Å². The van der Waals surface area contributed by atoms with Crippen molar-refractivity contribution in [3.63, 3.8) is 0 Å². The number of carbonyl (C=O) groups excluding carboxylic acids is 3. The Morgan fingerprint density at radius 3 is 2.44 bits per heavy atom. The summed E-state index contributed by atoms with van der Waals surface area (Å²) in [6, 6.07) is 2.92. The SMILES string of the molecule is O=CCN1C(=O)C(=O)c2c(Cl)ccc(Cl)c21. The van der Waals surface area contributed by atoms with Gasteiger partial charge in [0.05, 0.1) is 27.8 Å². The molecule has 0 N–H and O–H groups in total. The maximum Gasteiger partial charge on any atom is 0.299 e. The Hall–Kier alpha value is -1.39. The van der Waals surface area contributed by atoms with E-state index in [1.165, 1.54) is 12.1 Å². The molecule has 1 heterocycles. The maximum atomic E-state index is 11.6. The molecule has 0 bridgehead atoms. The molecule has 0 saturated carbocycles. The minimum absolute atomic E-state index is 0.0704. The van der Waals surface area contributed by atoms with Crippen LogP contribution in [0.25, 0.3) is 0 Å². The quantitative estimate of drug-likeness (QED) is 0.599. The molecule has 1 aliphatic rings. The Labute approximate surface area is 101 Å². The Kier molecular flexibility index (Phi) is 2.69. The number of hydrogen-bond donors (Lipinski definition) is 0. The Balaban J connectivity index is 2.69. The van der Waals surface area contributed by atoms with Crippen LogP contribution in [0.5, 0.6) is 0 Å². The summed E-state index contributed by atoms with van der Waals surface area (Å²) in [5.74, 6) is -1.51. The average Bonchev–Trinajstić information content (AvgIpc) is 2.50. The highest BCUT2D eigenvalue weighted by atomic mass is 35.5. The molecule has 0 aromatic heterocycles. The van der Waals surface area contributed by atoms with Gasteiger partial charge in [-0.2, -0.15) is 0 Å². The predicted molar refractivity (Wildman–Crippen MR) is 59.2 cm³/mol. The Bertz CT molecular complexity index is 513. The molecule has 0 atom stereocenters. The van der Waals surface area contributed by atoms with E-state index in [4.69, 9.17) is 23.2 Å². The van der Waals surface area contributed by atoms with E-state index in [-0.39, 0.29) is 27.8 Å². The lowest BCUT2D eigenvalue weighted by atomic mass is 10.1. The van der Waals surface area contributed by atoms with E-state index in [0.717, 1.165) is 4.90 Å². The monoisotopic (exact) mass is 257 g/mol. The van der Waals surface area contributed by atoms with E-state index >= 15 is 0 Å². The van der Waals surface area contributed by atoms with Gasteiger partial charge in [0.15, 0.2) is 0 Å². The van der Waals surface area contributed by atoms with E-state index in [9.17, 15) is 14.4 Å². The van der Waals surface area contributed by atoms with Crippen LogP contribution < -0.4 is 4.90 Å². The number of hydrogen-bond acceptors (Lipinski definition) is 3. The molecule has 82 valence electrons. The van der Waals surface area contributed by atoms with Crippen molar-refractivity contribution >= 4 is 46.9 Å². The van der Waals surface area contributed by atoms with Gasteiger partial charge in [-0.25, -0.2) is 0 Å². The molecule has 6 heteroatoms. The van der Waals surface area contributed by atoms with E-state index in [2.05, 4.69) is 0 Å². The number of Topliss-reactive ketones (excluding diaryl/α,β-unsaturated/α-hetero) is 1. The van der Waals surface area contributed by atoms with Crippen molar-refractivity contribution in [2.24, 2.45) is 0 Å². The lowest BCUT2D eigenvalue weighted by Gasteiger charge is -2.13. The average molecular weight is 258 g/mol. The Morgan fingerprint density at radius 1 is 1.19 bits per heavy atom. The van der Waals surface area contributed by atoms with Crippen molar-refractivity contribution < 1.29 is 14.4 Å². The number of rotatable bonds is 2. The van der Waals surface area contributed by atoms with E-state index < -0.39 is 11.7 Å². The van der Waals surface area contributed by atoms with Gasteiger partial charge in [0.25, 0.3) is 11.7 Å². The summed E-state index contributed by atoms with van der Waals surface area (Å²) in [4.78, 5) is 34.6. The molecule has 1 aromatic carbocycles. The molecular weight excluding hydrogens is 253 g/mol. The first-order valence-electron chi connectivity index (χ1n) is 4.35. The van der Waals surface area contributed by atoms with Gasteiger partial charge in [-0.15, -0.1) is 0 Å². The van der Waals surface area contributed by atoms with E-state index in [0.29, 0.717) is 6.29 Å². The van der Waals surface area contributed by atoms with Gasteiger partial charge in [0.1, 0.15) is 6.29 Å². The molecular formula is C10H5Cl2NO3. The number of benzene rings is 1. The molecule has 0 radical (unpaired) electrons. The fourth-order valence-corrected chi connectivity index (χ4v) is 2.10. The molecule has 1 aliphatic heterocycles. The van der Waals surface area contributed by atoms with Crippen LogP contribution in [-0.2, 0) is 9.59 Å². The summed E-state index contributed by atoms with van der Waals surface area (Å²) in [7, 11) is 0. The molecule has 0 spiro atoms. The molecule has 16 heavy (non-hydrogen) atoms. The zero-order valence-corrected chi connectivity index (χ0v) is 9.38. The minimum Gasteiger partial charge on any atom is -0.301 e. The number of nitrogens with zero attached hydrogens (tertiary/aromatic N) is 1. The lowest BCUT2D eigenvalue weighted by molar-refractivity contribution is -0.115. The molecule has 0 fully saturated rings. The lowest BCUT2D eigenvalue weighted by Crippen LogP contribution is -2.31. The molecule has 1 aromatic rings. The number of anilines is 1. The second kappa shape index (κ2) is 3.88. The first-order chi connectivity index (χ1) is 7.57. The smallest absolute Gasteiger partial charge is 0.299 e. The zero-order valence-electron chi connectivity index (χ0n) is 7.87.